The number of nitrogens with zero attached hydrogens (tertiary/aromatic N) is 1. The third-order valence-electron chi connectivity index (χ3n) is 3.05. The summed E-state index contributed by atoms with van der Waals surface area (Å²) < 4.78 is 13.3. The summed E-state index contributed by atoms with van der Waals surface area (Å²) in [4.78, 5) is 14.3. The first-order valence-electron chi connectivity index (χ1n) is 6.37. The average molecular weight is 331 g/mol. The van der Waals surface area contributed by atoms with E-state index in [1.165, 1.54) is 40.9 Å². The van der Waals surface area contributed by atoms with Crippen molar-refractivity contribution in [2.75, 3.05) is 4.90 Å². The zero-order valence-corrected chi connectivity index (χ0v) is 12.8. The molecule has 2 aromatic rings. The van der Waals surface area contributed by atoms with Crippen molar-refractivity contribution in [3.05, 3.63) is 64.8 Å². The molecule has 1 N–H and O–H groups in total. The Hall–Kier alpha value is -2.18. The van der Waals surface area contributed by atoms with Crippen molar-refractivity contribution in [1.29, 1.82) is 0 Å². The van der Waals surface area contributed by atoms with Crippen molar-refractivity contribution in [3.8, 4) is 5.75 Å². The molecule has 2 aromatic carbocycles. The lowest BCUT2D eigenvalue weighted by Crippen LogP contribution is -2.27. The van der Waals surface area contributed by atoms with E-state index in [2.05, 4.69) is 0 Å². The molecule has 0 atom stereocenters. The van der Waals surface area contributed by atoms with E-state index >= 15 is 0 Å². The van der Waals surface area contributed by atoms with Crippen LogP contribution in [0.3, 0.4) is 0 Å². The lowest BCUT2D eigenvalue weighted by molar-refractivity contribution is -0.113. The molecule has 0 aromatic heterocycles. The van der Waals surface area contributed by atoms with E-state index in [0.29, 0.717) is 14.9 Å². The lowest BCUT2D eigenvalue weighted by atomic mass is 10.2. The molecule has 1 amide bonds. The fraction of sp³-hybridized carbons (Fsp3) is 0. The van der Waals surface area contributed by atoms with Crippen LogP contribution in [0.4, 0.5) is 10.1 Å². The molecule has 22 heavy (non-hydrogen) atoms. The number of carbonyl (C=O) groups is 1. The maximum absolute atomic E-state index is 12.9. The average Bonchev–Trinajstić information content (AvgIpc) is 2.76. The van der Waals surface area contributed by atoms with Gasteiger partial charge in [-0.25, -0.2) is 4.39 Å². The smallest absolute Gasteiger partial charge is 0.270 e. The monoisotopic (exact) mass is 331 g/mol. The Kier molecular flexibility index (Phi) is 3.96. The second kappa shape index (κ2) is 5.90. The fourth-order valence-corrected chi connectivity index (χ4v) is 3.33. The van der Waals surface area contributed by atoms with Crippen LogP contribution in [-0.4, -0.2) is 15.3 Å². The van der Waals surface area contributed by atoms with Crippen LogP contribution in [0.2, 0.25) is 0 Å². The number of phenolic OH excluding ortho intramolecular Hbond substituents is 1. The van der Waals surface area contributed by atoms with E-state index in [4.69, 9.17) is 12.2 Å². The number of benzene rings is 2. The number of halogens is 1. The third-order valence-corrected chi connectivity index (χ3v) is 4.35. The molecule has 0 radical (unpaired) electrons. The highest BCUT2D eigenvalue weighted by molar-refractivity contribution is 8.27. The Balaban J connectivity index is 1.93. The Morgan fingerprint density at radius 1 is 1.18 bits per heavy atom. The van der Waals surface area contributed by atoms with E-state index in [9.17, 15) is 14.3 Å². The van der Waals surface area contributed by atoms with Gasteiger partial charge in [0, 0.05) is 6.07 Å². The molecule has 6 heteroatoms. The van der Waals surface area contributed by atoms with Crippen molar-refractivity contribution < 1.29 is 14.3 Å². The molecular formula is C16H10FNO2S2. The predicted molar refractivity (Wildman–Crippen MR) is 90.2 cm³/mol. The van der Waals surface area contributed by atoms with Crippen molar-refractivity contribution in [2.24, 2.45) is 0 Å². The number of carbonyl (C=O) groups excluding carboxylic acids is 1. The van der Waals surface area contributed by atoms with E-state index < -0.39 is 0 Å². The topological polar surface area (TPSA) is 40.5 Å². The summed E-state index contributed by atoms with van der Waals surface area (Å²) >= 11 is 6.42. The number of hydrogen-bond acceptors (Lipinski definition) is 4. The fourth-order valence-electron chi connectivity index (χ4n) is 2.03. The number of aromatic hydroxyl groups is 1. The molecule has 0 bridgehead atoms. The maximum Gasteiger partial charge on any atom is 0.270 e. The summed E-state index contributed by atoms with van der Waals surface area (Å²) in [5, 5.41) is 9.53. The molecule has 3 rings (SSSR count). The van der Waals surface area contributed by atoms with Crippen LogP contribution in [-0.2, 0) is 4.79 Å². The second-order valence-corrected chi connectivity index (χ2v) is 6.26. The van der Waals surface area contributed by atoms with Crippen molar-refractivity contribution in [1.82, 2.24) is 0 Å². The first-order valence-corrected chi connectivity index (χ1v) is 7.59. The number of phenols is 1. The van der Waals surface area contributed by atoms with Crippen LogP contribution >= 0.6 is 24.0 Å². The van der Waals surface area contributed by atoms with Crippen LogP contribution < -0.4 is 4.90 Å². The molecule has 1 aliphatic rings. The van der Waals surface area contributed by atoms with Crippen LogP contribution in [0, 0.1) is 5.82 Å². The molecule has 3 nitrogen and oxygen atoms in total. The number of rotatable bonds is 2. The zero-order chi connectivity index (χ0) is 15.7. The summed E-state index contributed by atoms with van der Waals surface area (Å²) in [5.74, 6) is -0.525. The first-order chi connectivity index (χ1) is 10.5. The summed E-state index contributed by atoms with van der Waals surface area (Å²) in [7, 11) is 0. The Morgan fingerprint density at radius 2 is 1.91 bits per heavy atom. The van der Waals surface area contributed by atoms with Gasteiger partial charge in [0.1, 0.15) is 11.6 Å². The number of thiocarbonyl (C=S) groups is 1. The SMILES string of the molecule is O=C1C(=Cc2ccc(F)cc2)SC(=S)N1c1cccc(O)c1. The largest absolute Gasteiger partial charge is 0.508 e. The van der Waals surface area contributed by atoms with E-state index in [1.54, 1.807) is 30.3 Å². The summed E-state index contributed by atoms with van der Waals surface area (Å²) in [6, 6.07) is 12.2. The van der Waals surface area contributed by atoms with Gasteiger partial charge in [0.2, 0.25) is 0 Å². The summed E-state index contributed by atoms with van der Waals surface area (Å²) in [5.41, 5.74) is 1.24. The molecule has 0 unspecified atom stereocenters. The highest BCUT2D eigenvalue weighted by Gasteiger charge is 2.33. The zero-order valence-electron chi connectivity index (χ0n) is 11.2. The quantitative estimate of drug-likeness (QED) is 0.668. The van der Waals surface area contributed by atoms with Crippen molar-refractivity contribution in [2.45, 2.75) is 0 Å². The van der Waals surface area contributed by atoms with Gasteiger partial charge < -0.3 is 5.11 Å². The van der Waals surface area contributed by atoms with Gasteiger partial charge in [-0.3, -0.25) is 9.69 Å². The summed E-state index contributed by atoms with van der Waals surface area (Å²) in [6.45, 7) is 0. The number of anilines is 1. The Bertz CT molecular complexity index is 787. The highest BCUT2D eigenvalue weighted by Crippen LogP contribution is 2.36. The normalized spacial score (nSPS) is 16.6. The first kappa shape index (κ1) is 14.7. The van der Waals surface area contributed by atoms with Gasteiger partial charge in [-0.05, 0) is 35.9 Å². The minimum Gasteiger partial charge on any atom is -0.508 e. The van der Waals surface area contributed by atoms with E-state index in [0.717, 1.165) is 5.56 Å². The highest BCUT2D eigenvalue weighted by atomic mass is 32.2. The van der Waals surface area contributed by atoms with Gasteiger partial charge in [-0.15, -0.1) is 0 Å². The van der Waals surface area contributed by atoms with Gasteiger partial charge in [-0.1, -0.05) is 42.2 Å². The molecule has 1 saturated heterocycles. The van der Waals surface area contributed by atoms with Crippen molar-refractivity contribution in [3.63, 3.8) is 0 Å². The number of amides is 1. The van der Waals surface area contributed by atoms with Crippen LogP contribution in [0.1, 0.15) is 5.56 Å². The molecule has 1 fully saturated rings. The van der Waals surface area contributed by atoms with Gasteiger partial charge >= 0.3 is 0 Å². The minimum atomic E-state index is -0.329. The molecule has 1 heterocycles. The minimum absolute atomic E-state index is 0.0639. The van der Waals surface area contributed by atoms with Gasteiger partial charge in [-0.2, -0.15) is 0 Å². The molecule has 0 saturated carbocycles. The molecule has 1 aliphatic heterocycles. The van der Waals surface area contributed by atoms with Gasteiger partial charge in [0.15, 0.2) is 4.32 Å². The van der Waals surface area contributed by atoms with Crippen LogP contribution in [0.15, 0.2) is 53.4 Å². The van der Waals surface area contributed by atoms with Crippen LogP contribution in [0.25, 0.3) is 6.08 Å². The predicted octanol–water partition coefficient (Wildman–Crippen LogP) is 3.94. The summed E-state index contributed by atoms with van der Waals surface area (Å²) in [6.07, 6.45) is 1.67. The second-order valence-electron chi connectivity index (χ2n) is 4.59. The van der Waals surface area contributed by atoms with Crippen LogP contribution in [0.5, 0.6) is 5.75 Å². The molecule has 110 valence electrons. The van der Waals surface area contributed by atoms with Gasteiger partial charge in [0.05, 0.1) is 10.6 Å². The van der Waals surface area contributed by atoms with Crippen molar-refractivity contribution >= 4 is 46.0 Å². The molecule has 0 spiro atoms. The maximum atomic E-state index is 12.9. The Morgan fingerprint density at radius 3 is 2.59 bits per heavy atom. The molecular weight excluding hydrogens is 321 g/mol. The third kappa shape index (κ3) is 2.88. The molecule has 0 aliphatic carbocycles. The van der Waals surface area contributed by atoms with E-state index in [-0.39, 0.29) is 17.5 Å². The van der Waals surface area contributed by atoms with E-state index in [1.807, 2.05) is 0 Å². The number of hydrogen-bond donors (Lipinski definition) is 1. The Labute approximate surface area is 136 Å². The lowest BCUT2D eigenvalue weighted by Gasteiger charge is -2.14. The number of thioether (sulfide) groups is 1. The van der Waals surface area contributed by atoms with Gasteiger partial charge in [0.25, 0.3) is 5.91 Å². The standard InChI is InChI=1S/C16H10FNO2S2/c17-11-6-4-10(5-7-11)8-14-15(20)18(16(21)22-14)12-2-1-3-13(19)9-12/h1-9,19H.